The Morgan fingerprint density at radius 3 is 2.81 bits per heavy atom. The highest BCUT2D eigenvalue weighted by Crippen LogP contribution is 2.20. The number of hydrogen-bond acceptors (Lipinski definition) is 3. The van der Waals surface area contributed by atoms with Crippen LogP contribution in [0.1, 0.15) is 5.56 Å². The van der Waals surface area contributed by atoms with Crippen molar-refractivity contribution in [2.45, 2.75) is 6.54 Å². The van der Waals surface area contributed by atoms with Gasteiger partial charge in [0.25, 0.3) is 0 Å². The highest BCUT2D eigenvalue weighted by atomic mass is 35.5. The topological polar surface area (TPSA) is 49.5 Å². The molecule has 0 saturated carbocycles. The molecule has 0 aliphatic carbocycles. The van der Waals surface area contributed by atoms with Crippen LogP contribution in [0.4, 0.5) is 5.69 Å². The monoisotopic (exact) mass is 240 g/mol. The van der Waals surface area contributed by atoms with Gasteiger partial charge in [-0.15, -0.1) is 6.58 Å². The summed E-state index contributed by atoms with van der Waals surface area (Å²) < 4.78 is 0. The first-order valence-electron chi connectivity index (χ1n) is 5.15. The Hall–Kier alpha value is -1.03. The minimum Gasteiger partial charge on any atom is -0.398 e. The zero-order chi connectivity index (χ0) is 12.0. The summed E-state index contributed by atoms with van der Waals surface area (Å²) in [6.45, 7) is 5.91. The maximum absolute atomic E-state index is 8.92. The van der Waals surface area contributed by atoms with E-state index in [1.165, 1.54) is 0 Å². The van der Waals surface area contributed by atoms with Crippen molar-refractivity contribution in [3.63, 3.8) is 0 Å². The molecule has 3 N–H and O–H groups in total. The van der Waals surface area contributed by atoms with Gasteiger partial charge in [-0.1, -0.05) is 23.7 Å². The van der Waals surface area contributed by atoms with Crippen molar-refractivity contribution < 1.29 is 5.11 Å². The van der Waals surface area contributed by atoms with Gasteiger partial charge in [0, 0.05) is 19.6 Å². The standard InChI is InChI=1S/C12H17ClN2O/c1-2-5-15(6-7-16)9-10-3-4-12(14)11(13)8-10/h2-4,8,16H,1,5-7,9,14H2. The molecule has 0 aliphatic rings. The summed E-state index contributed by atoms with van der Waals surface area (Å²) in [6, 6.07) is 5.59. The normalized spacial score (nSPS) is 10.7. The van der Waals surface area contributed by atoms with Crippen LogP contribution < -0.4 is 5.73 Å². The van der Waals surface area contributed by atoms with E-state index in [9.17, 15) is 0 Å². The predicted octanol–water partition coefficient (Wildman–Crippen LogP) is 1.90. The van der Waals surface area contributed by atoms with Gasteiger partial charge in [-0.3, -0.25) is 4.90 Å². The largest absolute Gasteiger partial charge is 0.398 e. The van der Waals surface area contributed by atoms with E-state index in [1.807, 2.05) is 18.2 Å². The van der Waals surface area contributed by atoms with Crippen molar-refractivity contribution in [3.8, 4) is 0 Å². The number of nitrogen functional groups attached to an aromatic ring is 1. The number of nitrogens with two attached hydrogens (primary N) is 1. The Bertz CT molecular complexity index is 355. The summed E-state index contributed by atoms with van der Waals surface area (Å²) >= 11 is 5.94. The lowest BCUT2D eigenvalue weighted by Gasteiger charge is -2.19. The molecule has 0 spiro atoms. The third kappa shape index (κ3) is 3.85. The van der Waals surface area contributed by atoms with Gasteiger partial charge in [0.15, 0.2) is 0 Å². The molecule has 16 heavy (non-hydrogen) atoms. The van der Waals surface area contributed by atoms with E-state index < -0.39 is 0 Å². The van der Waals surface area contributed by atoms with Crippen LogP contribution in [0.3, 0.4) is 0 Å². The first-order chi connectivity index (χ1) is 7.67. The predicted molar refractivity (Wildman–Crippen MR) is 68.4 cm³/mol. The van der Waals surface area contributed by atoms with Crippen molar-refractivity contribution in [2.75, 3.05) is 25.4 Å². The van der Waals surface area contributed by atoms with E-state index in [1.54, 1.807) is 6.07 Å². The number of aliphatic hydroxyl groups excluding tert-OH is 1. The first-order valence-corrected chi connectivity index (χ1v) is 5.53. The molecule has 0 bridgehead atoms. The van der Waals surface area contributed by atoms with E-state index in [2.05, 4.69) is 11.5 Å². The Kier molecular flexibility index (Phi) is 5.32. The quantitative estimate of drug-likeness (QED) is 0.590. The minimum atomic E-state index is 0.135. The van der Waals surface area contributed by atoms with Crippen LogP contribution in [0.2, 0.25) is 5.02 Å². The minimum absolute atomic E-state index is 0.135. The van der Waals surface area contributed by atoms with Gasteiger partial charge in [-0.2, -0.15) is 0 Å². The number of anilines is 1. The number of halogens is 1. The average Bonchev–Trinajstić information content (AvgIpc) is 2.24. The second-order valence-corrected chi connectivity index (χ2v) is 4.01. The summed E-state index contributed by atoms with van der Waals surface area (Å²) in [6.07, 6.45) is 1.81. The second kappa shape index (κ2) is 6.53. The molecule has 3 nitrogen and oxygen atoms in total. The average molecular weight is 241 g/mol. The van der Waals surface area contributed by atoms with Gasteiger partial charge in [0.05, 0.1) is 17.3 Å². The molecule has 0 atom stereocenters. The maximum Gasteiger partial charge on any atom is 0.0638 e. The van der Waals surface area contributed by atoms with Crippen molar-refractivity contribution in [3.05, 3.63) is 41.4 Å². The van der Waals surface area contributed by atoms with Crippen LogP contribution in [-0.4, -0.2) is 29.7 Å². The molecular weight excluding hydrogens is 224 g/mol. The van der Waals surface area contributed by atoms with Crippen LogP contribution in [0.15, 0.2) is 30.9 Å². The summed E-state index contributed by atoms with van der Waals surface area (Å²) in [4.78, 5) is 2.08. The van der Waals surface area contributed by atoms with Crippen LogP contribution in [0, 0.1) is 0 Å². The second-order valence-electron chi connectivity index (χ2n) is 3.60. The van der Waals surface area contributed by atoms with E-state index in [0.717, 1.165) is 18.7 Å². The summed E-state index contributed by atoms with van der Waals surface area (Å²) in [5.74, 6) is 0. The maximum atomic E-state index is 8.92. The molecule has 0 aromatic heterocycles. The highest BCUT2D eigenvalue weighted by Gasteiger charge is 2.05. The molecule has 4 heteroatoms. The fraction of sp³-hybridized carbons (Fsp3) is 0.333. The van der Waals surface area contributed by atoms with Gasteiger partial charge in [-0.05, 0) is 17.7 Å². The SMILES string of the molecule is C=CCN(CCO)Cc1ccc(N)c(Cl)c1. The summed E-state index contributed by atoms with van der Waals surface area (Å²) in [5, 5.41) is 9.49. The van der Waals surface area contributed by atoms with E-state index >= 15 is 0 Å². The molecular formula is C12H17ClN2O. The van der Waals surface area contributed by atoms with Crippen molar-refractivity contribution >= 4 is 17.3 Å². The first kappa shape index (κ1) is 13.0. The molecule has 1 aromatic rings. The lowest BCUT2D eigenvalue weighted by Crippen LogP contribution is -2.26. The number of nitrogens with zero attached hydrogens (tertiary/aromatic N) is 1. The Labute approximate surface area is 101 Å². The van der Waals surface area contributed by atoms with Gasteiger partial charge >= 0.3 is 0 Å². The van der Waals surface area contributed by atoms with Gasteiger partial charge in [0.2, 0.25) is 0 Å². The molecule has 0 radical (unpaired) electrons. The van der Waals surface area contributed by atoms with Gasteiger partial charge < -0.3 is 10.8 Å². The molecule has 0 unspecified atom stereocenters. The van der Waals surface area contributed by atoms with Crippen LogP contribution in [0.5, 0.6) is 0 Å². The Morgan fingerprint density at radius 1 is 1.50 bits per heavy atom. The summed E-state index contributed by atoms with van der Waals surface area (Å²) in [5.41, 5.74) is 7.30. The fourth-order valence-electron chi connectivity index (χ4n) is 1.49. The Balaban J connectivity index is 2.68. The lowest BCUT2D eigenvalue weighted by atomic mass is 10.2. The molecule has 0 heterocycles. The van der Waals surface area contributed by atoms with Gasteiger partial charge in [-0.25, -0.2) is 0 Å². The van der Waals surface area contributed by atoms with Crippen LogP contribution in [-0.2, 0) is 6.54 Å². The van der Waals surface area contributed by atoms with E-state index in [0.29, 0.717) is 17.3 Å². The third-order valence-corrected chi connectivity index (χ3v) is 2.60. The summed E-state index contributed by atoms with van der Waals surface area (Å²) in [7, 11) is 0. The molecule has 0 saturated heterocycles. The number of benzene rings is 1. The number of aliphatic hydroxyl groups is 1. The molecule has 1 rings (SSSR count). The van der Waals surface area contributed by atoms with Crippen LogP contribution in [0.25, 0.3) is 0 Å². The molecule has 0 aliphatic heterocycles. The smallest absolute Gasteiger partial charge is 0.0638 e. The number of rotatable bonds is 6. The highest BCUT2D eigenvalue weighted by molar-refractivity contribution is 6.33. The van der Waals surface area contributed by atoms with E-state index in [4.69, 9.17) is 22.4 Å². The molecule has 0 amide bonds. The zero-order valence-corrected chi connectivity index (χ0v) is 9.95. The third-order valence-electron chi connectivity index (χ3n) is 2.27. The van der Waals surface area contributed by atoms with Gasteiger partial charge in [0.1, 0.15) is 0 Å². The lowest BCUT2D eigenvalue weighted by molar-refractivity contribution is 0.203. The van der Waals surface area contributed by atoms with Crippen molar-refractivity contribution in [2.24, 2.45) is 0 Å². The van der Waals surface area contributed by atoms with Crippen molar-refractivity contribution in [1.29, 1.82) is 0 Å². The number of hydrogen-bond donors (Lipinski definition) is 2. The molecule has 0 fully saturated rings. The van der Waals surface area contributed by atoms with Crippen molar-refractivity contribution in [1.82, 2.24) is 4.90 Å². The molecule has 1 aromatic carbocycles. The fourth-order valence-corrected chi connectivity index (χ4v) is 1.69. The zero-order valence-electron chi connectivity index (χ0n) is 9.19. The van der Waals surface area contributed by atoms with E-state index in [-0.39, 0.29) is 6.61 Å². The van der Waals surface area contributed by atoms with Crippen LogP contribution >= 0.6 is 11.6 Å². The Morgan fingerprint density at radius 2 is 2.25 bits per heavy atom. The molecule has 88 valence electrons.